The van der Waals surface area contributed by atoms with Gasteiger partial charge >= 0.3 is 6.09 Å². The summed E-state index contributed by atoms with van der Waals surface area (Å²) in [5, 5.41) is 24.4. The van der Waals surface area contributed by atoms with E-state index in [0.717, 1.165) is 5.56 Å². The van der Waals surface area contributed by atoms with Gasteiger partial charge in [-0.3, -0.25) is 14.6 Å². The van der Waals surface area contributed by atoms with Crippen LogP contribution in [0, 0.1) is 11.7 Å². The lowest BCUT2D eigenvalue weighted by molar-refractivity contribution is 0.0944. The Labute approximate surface area is 195 Å². The summed E-state index contributed by atoms with van der Waals surface area (Å²) in [6.07, 6.45) is 1.04. The molecule has 34 heavy (non-hydrogen) atoms. The quantitative estimate of drug-likeness (QED) is 0.356. The molecule has 0 unspecified atom stereocenters. The van der Waals surface area contributed by atoms with Crippen LogP contribution in [0.2, 0.25) is 0 Å². The van der Waals surface area contributed by atoms with Crippen molar-refractivity contribution in [1.29, 1.82) is 0 Å². The molecule has 0 fully saturated rings. The Balaban J connectivity index is 2.05. The number of rotatable bonds is 9. The number of fused-ring (bicyclic) bond motifs is 1. The zero-order valence-corrected chi connectivity index (χ0v) is 19.0. The van der Waals surface area contributed by atoms with E-state index in [1.54, 1.807) is 18.2 Å². The molecule has 2 amide bonds. The van der Waals surface area contributed by atoms with Crippen LogP contribution in [0.3, 0.4) is 0 Å². The molecule has 0 aliphatic heterocycles. The van der Waals surface area contributed by atoms with Crippen molar-refractivity contribution in [2.24, 2.45) is 5.92 Å². The summed E-state index contributed by atoms with van der Waals surface area (Å²) in [6, 6.07) is 7.67. The van der Waals surface area contributed by atoms with Gasteiger partial charge in [0.05, 0.1) is 5.52 Å². The second kappa shape index (κ2) is 10.8. The molecule has 3 rings (SSSR count). The van der Waals surface area contributed by atoms with Crippen LogP contribution in [0.5, 0.6) is 5.75 Å². The maximum atomic E-state index is 13.3. The van der Waals surface area contributed by atoms with Gasteiger partial charge < -0.3 is 25.4 Å². The Morgan fingerprint density at radius 3 is 2.50 bits per heavy atom. The van der Waals surface area contributed by atoms with E-state index in [4.69, 9.17) is 5.11 Å². The summed E-state index contributed by atoms with van der Waals surface area (Å²) in [7, 11) is 0. The van der Waals surface area contributed by atoms with E-state index in [0.29, 0.717) is 24.0 Å². The van der Waals surface area contributed by atoms with Crippen molar-refractivity contribution < 1.29 is 24.2 Å². The van der Waals surface area contributed by atoms with Crippen LogP contribution < -0.4 is 16.2 Å². The Hall–Kier alpha value is -3.95. The normalized spacial score (nSPS) is 11.1. The number of hydrogen-bond donors (Lipinski definition) is 4. The highest BCUT2D eigenvalue weighted by Crippen LogP contribution is 2.26. The summed E-state index contributed by atoms with van der Waals surface area (Å²) in [5.41, 5.74) is 0.852. The van der Waals surface area contributed by atoms with Gasteiger partial charge in [0.2, 0.25) is 0 Å². The number of aromatic nitrogens is 2. The molecule has 0 bridgehead atoms. The summed E-state index contributed by atoms with van der Waals surface area (Å²) in [5.74, 6) is -1.41. The first-order chi connectivity index (χ1) is 16.2. The third kappa shape index (κ3) is 5.89. The molecule has 180 valence electrons. The van der Waals surface area contributed by atoms with Crippen molar-refractivity contribution in [2.75, 3.05) is 13.1 Å². The molecule has 9 nitrogen and oxygen atoms in total. The molecule has 2 aromatic heterocycles. The van der Waals surface area contributed by atoms with Crippen LogP contribution in [0.15, 0.2) is 41.3 Å². The van der Waals surface area contributed by atoms with E-state index in [1.165, 1.54) is 22.9 Å². The zero-order valence-electron chi connectivity index (χ0n) is 19.0. The number of carbonyl (C=O) groups excluding carboxylic acids is 1. The lowest BCUT2D eigenvalue weighted by Gasteiger charge is -2.16. The number of aromatic hydroxyl groups is 1. The number of carbonyl (C=O) groups is 2. The number of halogens is 1. The number of benzene rings is 1. The van der Waals surface area contributed by atoms with Crippen molar-refractivity contribution >= 4 is 23.0 Å². The van der Waals surface area contributed by atoms with Crippen molar-refractivity contribution in [3.05, 3.63) is 69.4 Å². The first-order valence-corrected chi connectivity index (χ1v) is 10.9. The Morgan fingerprint density at radius 1 is 1.15 bits per heavy atom. The lowest BCUT2D eigenvalue weighted by atomic mass is 10.0. The van der Waals surface area contributed by atoms with Gasteiger partial charge in [-0.25, -0.2) is 9.18 Å². The standard InChI is InChI=1S/C24H27FN4O5/c1-14(2)12-28-22(31)19-21(30)20-18(29(23(19)32)9-3-8-26-24(33)34)11-16(13-27-20)10-15-4-6-17(25)7-5-15/h4-7,11,13-14,26,30H,3,8-10,12H2,1-2H3,(H,28,31)(H,33,34). The topological polar surface area (TPSA) is 134 Å². The van der Waals surface area contributed by atoms with Gasteiger partial charge in [0.25, 0.3) is 11.5 Å². The van der Waals surface area contributed by atoms with Gasteiger partial charge in [-0.05, 0) is 48.1 Å². The Morgan fingerprint density at radius 2 is 1.85 bits per heavy atom. The minimum atomic E-state index is -1.18. The fourth-order valence-corrected chi connectivity index (χ4v) is 3.53. The molecule has 0 atom stereocenters. The van der Waals surface area contributed by atoms with Gasteiger partial charge in [0.1, 0.15) is 16.9 Å². The molecule has 0 saturated heterocycles. The highest BCUT2D eigenvalue weighted by atomic mass is 19.1. The molecule has 0 radical (unpaired) electrons. The smallest absolute Gasteiger partial charge is 0.404 e. The van der Waals surface area contributed by atoms with Crippen LogP contribution in [0.4, 0.5) is 9.18 Å². The third-order valence-corrected chi connectivity index (χ3v) is 5.19. The van der Waals surface area contributed by atoms with Crippen molar-refractivity contribution in [2.45, 2.75) is 33.2 Å². The number of hydrogen-bond acceptors (Lipinski definition) is 5. The van der Waals surface area contributed by atoms with Crippen LogP contribution in [0.1, 0.15) is 41.8 Å². The molecule has 0 aliphatic carbocycles. The molecule has 4 N–H and O–H groups in total. The van der Waals surface area contributed by atoms with Crippen LogP contribution in [0.25, 0.3) is 11.0 Å². The minimum absolute atomic E-state index is 0.0864. The van der Waals surface area contributed by atoms with Gasteiger partial charge in [0, 0.05) is 25.8 Å². The van der Waals surface area contributed by atoms with E-state index in [9.17, 15) is 23.9 Å². The first kappa shape index (κ1) is 24.7. The Bertz CT molecular complexity index is 1250. The van der Waals surface area contributed by atoms with Gasteiger partial charge in [0.15, 0.2) is 5.75 Å². The molecular weight excluding hydrogens is 443 g/mol. The molecule has 0 aliphatic rings. The minimum Gasteiger partial charge on any atom is -0.505 e. The van der Waals surface area contributed by atoms with E-state index >= 15 is 0 Å². The van der Waals surface area contributed by atoms with E-state index in [-0.39, 0.29) is 36.8 Å². The van der Waals surface area contributed by atoms with E-state index < -0.39 is 28.9 Å². The number of nitrogens with one attached hydrogen (secondary N) is 2. The summed E-state index contributed by atoms with van der Waals surface area (Å²) < 4.78 is 14.5. The monoisotopic (exact) mass is 470 g/mol. The molecular formula is C24H27FN4O5. The van der Waals surface area contributed by atoms with Crippen LogP contribution in [-0.4, -0.2) is 44.9 Å². The maximum Gasteiger partial charge on any atom is 0.404 e. The average Bonchev–Trinajstić information content (AvgIpc) is 2.78. The van der Waals surface area contributed by atoms with Crippen molar-refractivity contribution in [3.63, 3.8) is 0 Å². The third-order valence-electron chi connectivity index (χ3n) is 5.19. The number of amides is 2. The predicted molar refractivity (Wildman–Crippen MR) is 125 cm³/mol. The van der Waals surface area contributed by atoms with Crippen LogP contribution >= 0.6 is 0 Å². The van der Waals surface area contributed by atoms with E-state index in [2.05, 4.69) is 15.6 Å². The van der Waals surface area contributed by atoms with Gasteiger partial charge in [-0.2, -0.15) is 0 Å². The van der Waals surface area contributed by atoms with Gasteiger partial charge in [-0.1, -0.05) is 26.0 Å². The number of carboxylic acid groups (broad SMARTS) is 1. The maximum absolute atomic E-state index is 13.3. The van der Waals surface area contributed by atoms with Crippen molar-refractivity contribution in [1.82, 2.24) is 20.2 Å². The highest BCUT2D eigenvalue weighted by Gasteiger charge is 2.23. The van der Waals surface area contributed by atoms with Crippen molar-refractivity contribution in [3.8, 4) is 5.75 Å². The second-order valence-corrected chi connectivity index (χ2v) is 8.38. The molecule has 0 saturated carbocycles. The predicted octanol–water partition coefficient (Wildman–Crippen LogP) is 2.88. The van der Waals surface area contributed by atoms with Crippen LogP contribution in [-0.2, 0) is 13.0 Å². The van der Waals surface area contributed by atoms with E-state index in [1.807, 2.05) is 13.8 Å². The largest absolute Gasteiger partial charge is 0.505 e. The fourth-order valence-electron chi connectivity index (χ4n) is 3.53. The molecule has 1 aromatic carbocycles. The lowest BCUT2D eigenvalue weighted by Crippen LogP contribution is -2.35. The zero-order chi connectivity index (χ0) is 24.8. The van der Waals surface area contributed by atoms with Gasteiger partial charge in [-0.15, -0.1) is 0 Å². The number of aryl methyl sites for hydroxylation is 1. The molecule has 10 heteroatoms. The second-order valence-electron chi connectivity index (χ2n) is 8.38. The molecule has 0 spiro atoms. The average molecular weight is 471 g/mol. The Kier molecular flexibility index (Phi) is 7.83. The first-order valence-electron chi connectivity index (χ1n) is 10.9. The summed E-state index contributed by atoms with van der Waals surface area (Å²) >= 11 is 0. The highest BCUT2D eigenvalue weighted by molar-refractivity contribution is 6.01. The number of nitrogens with zero attached hydrogens (tertiary/aromatic N) is 2. The number of pyridine rings is 2. The summed E-state index contributed by atoms with van der Waals surface area (Å²) in [6.45, 7) is 4.32. The molecule has 3 aromatic rings. The SMILES string of the molecule is CC(C)CNC(=O)c1c(O)c2ncc(Cc3ccc(F)cc3)cc2n(CCCNC(=O)O)c1=O. The summed E-state index contributed by atoms with van der Waals surface area (Å²) in [4.78, 5) is 41.0. The fraction of sp³-hybridized carbons (Fsp3) is 0.333. The molecule has 2 heterocycles.